The molecule has 0 heteroatoms. The van der Waals surface area contributed by atoms with Crippen LogP contribution < -0.4 is 0 Å². The zero-order valence-corrected chi connectivity index (χ0v) is 13.0. The summed E-state index contributed by atoms with van der Waals surface area (Å²) in [5, 5.41) is 0. The van der Waals surface area contributed by atoms with Crippen molar-refractivity contribution in [2.24, 2.45) is 11.8 Å². The van der Waals surface area contributed by atoms with E-state index in [0.717, 1.165) is 12.8 Å². The first-order valence-electron chi connectivity index (χ1n) is 7.98. The van der Waals surface area contributed by atoms with Crippen LogP contribution in [0.4, 0.5) is 0 Å². The number of allylic oxidation sites excluding steroid dienone is 1. The van der Waals surface area contributed by atoms with Crippen LogP contribution in [0.5, 0.6) is 0 Å². The van der Waals surface area contributed by atoms with Crippen molar-refractivity contribution < 1.29 is 0 Å². The predicted octanol–water partition coefficient (Wildman–Crippen LogP) is 5.69. The molecule has 2 atom stereocenters. The van der Waals surface area contributed by atoms with Gasteiger partial charge in [-0.3, -0.25) is 0 Å². The van der Waals surface area contributed by atoms with E-state index in [9.17, 15) is 0 Å². The van der Waals surface area contributed by atoms with Gasteiger partial charge in [-0.2, -0.15) is 0 Å². The monoisotopic (exact) mass is 278 g/mol. The lowest BCUT2D eigenvalue weighted by Crippen LogP contribution is -2.17. The van der Waals surface area contributed by atoms with Gasteiger partial charge in [0.25, 0.3) is 0 Å². The summed E-state index contributed by atoms with van der Waals surface area (Å²) in [6.07, 6.45) is 6.72. The first-order chi connectivity index (χ1) is 10.3. The van der Waals surface area contributed by atoms with Gasteiger partial charge in [0.15, 0.2) is 0 Å². The van der Waals surface area contributed by atoms with Crippen LogP contribution in [0.3, 0.4) is 0 Å². The third-order valence-electron chi connectivity index (χ3n) is 4.29. The average Bonchev–Trinajstić information content (AvgIpc) is 2.53. The van der Waals surface area contributed by atoms with Crippen molar-refractivity contribution in [2.75, 3.05) is 0 Å². The summed E-state index contributed by atoms with van der Waals surface area (Å²) in [6.45, 7) is 6.28. The lowest BCUT2D eigenvalue weighted by atomic mass is 9.81. The molecule has 110 valence electrons. The number of benzene rings is 2. The molecule has 2 aromatic carbocycles. The Morgan fingerprint density at radius 1 is 0.857 bits per heavy atom. The summed E-state index contributed by atoms with van der Waals surface area (Å²) < 4.78 is 0. The fourth-order valence-corrected chi connectivity index (χ4v) is 2.99. The number of hydrogen-bond donors (Lipinski definition) is 0. The minimum Gasteiger partial charge on any atom is -0.103 e. The molecule has 0 bridgehead atoms. The average molecular weight is 278 g/mol. The Morgan fingerprint density at radius 3 is 1.90 bits per heavy atom. The molecule has 0 nitrogen and oxygen atoms in total. The molecular formula is C21H26. The normalized spacial score (nSPS) is 13.6. The van der Waals surface area contributed by atoms with Crippen molar-refractivity contribution in [1.29, 1.82) is 0 Å². The molecule has 0 saturated carbocycles. The predicted molar refractivity (Wildman–Crippen MR) is 92.4 cm³/mol. The maximum Gasteiger partial charge on any atom is -0.0248 e. The van der Waals surface area contributed by atoms with E-state index in [2.05, 4.69) is 74.2 Å². The second kappa shape index (κ2) is 8.46. The molecule has 0 spiro atoms. The van der Waals surface area contributed by atoms with Crippen molar-refractivity contribution in [2.45, 2.75) is 32.6 Å². The number of hydrogen-bond acceptors (Lipinski definition) is 0. The van der Waals surface area contributed by atoms with E-state index in [1.807, 2.05) is 6.08 Å². The standard InChI is InChI=1S/C21H26/c1-3-4-15-21(17-20-13-9-6-10-14-20)18(2)16-19-11-7-5-8-12-19/h3,5-14,18,21H,1,4,15-17H2,2H3/t18-,21-/m0/s1. The van der Waals surface area contributed by atoms with Crippen LogP contribution in [0.15, 0.2) is 73.3 Å². The molecule has 0 radical (unpaired) electrons. The third-order valence-corrected chi connectivity index (χ3v) is 4.29. The van der Waals surface area contributed by atoms with Crippen LogP contribution in [-0.2, 0) is 12.8 Å². The quantitative estimate of drug-likeness (QED) is 0.544. The zero-order chi connectivity index (χ0) is 14.9. The van der Waals surface area contributed by atoms with Crippen LogP contribution in [0, 0.1) is 11.8 Å². The Hall–Kier alpha value is -1.82. The van der Waals surface area contributed by atoms with Gasteiger partial charge >= 0.3 is 0 Å². The molecule has 2 aromatic rings. The van der Waals surface area contributed by atoms with Crippen molar-refractivity contribution in [1.82, 2.24) is 0 Å². The van der Waals surface area contributed by atoms with Gasteiger partial charge in [0.1, 0.15) is 0 Å². The van der Waals surface area contributed by atoms with Crippen LogP contribution in [-0.4, -0.2) is 0 Å². The first-order valence-corrected chi connectivity index (χ1v) is 7.98. The van der Waals surface area contributed by atoms with Crippen LogP contribution in [0.1, 0.15) is 30.9 Å². The maximum atomic E-state index is 3.88. The Morgan fingerprint density at radius 2 is 1.38 bits per heavy atom. The summed E-state index contributed by atoms with van der Waals surface area (Å²) in [4.78, 5) is 0. The summed E-state index contributed by atoms with van der Waals surface area (Å²) in [6, 6.07) is 21.7. The largest absolute Gasteiger partial charge is 0.103 e. The Balaban J connectivity index is 2.02. The van der Waals surface area contributed by atoms with Gasteiger partial charge < -0.3 is 0 Å². The molecule has 0 fully saturated rings. The zero-order valence-electron chi connectivity index (χ0n) is 13.0. The van der Waals surface area contributed by atoms with Gasteiger partial charge in [0.2, 0.25) is 0 Å². The summed E-state index contributed by atoms with van der Waals surface area (Å²) in [7, 11) is 0. The van der Waals surface area contributed by atoms with Gasteiger partial charge in [0, 0.05) is 0 Å². The molecular weight excluding hydrogens is 252 g/mol. The molecule has 0 aromatic heterocycles. The fraction of sp³-hybridized carbons (Fsp3) is 0.333. The fourth-order valence-electron chi connectivity index (χ4n) is 2.99. The van der Waals surface area contributed by atoms with E-state index in [-0.39, 0.29) is 0 Å². The second-order valence-corrected chi connectivity index (χ2v) is 5.98. The van der Waals surface area contributed by atoms with Gasteiger partial charge in [0.05, 0.1) is 0 Å². The Kier molecular flexibility index (Phi) is 6.27. The molecule has 0 heterocycles. The highest BCUT2D eigenvalue weighted by Crippen LogP contribution is 2.26. The molecule has 0 aliphatic carbocycles. The minimum atomic E-state index is 0.688. The second-order valence-electron chi connectivity index (χ2n) is 5.98. The highest BCUT2D eigenvalue weighted by Gasteiger charge is 2.17. The van der Waals surface area contributed by atoms with Gasteiger partial charge in [-0.05, 0) is 48.6 Å². The van der Waals surface area contributed by atoms with Gasteiger partial charge in [-0.25, -0.2) is 0 Å². The summed E-state index contributed by atoms with van der Waals surface area (Å²) in [5.74, 6) is 1.40. The molecule has 0 saturated heterocycles. The van der Waals surface area contributed by atoms with Crippen LogP contribution in [0.25, 0.3) is 0 Å². The Labute approximate surface area is 129 Å². The van der Waals surface area contributed by atoms with Crippen LogP contribution >= 0.6 is 0 Å². The lowest BCUT2D eigenvalue weighted by molar-refractivity contribution is 0.333. The van der Waals surface area contributed by atoms with Crippen molar-refractivity contribution in [3.63, 3.8) is 0 Å². The smallest absolute Gasteiger partial charge is 0.0248 e. The molecule has 0 aliphatic rings. The van der Waals surface area contributed by atoms with Gasteiger partial charge in [-0.1, -0.05) is 73.7 Å². The Bertz CT molecular complexity index is 512. The lowest BCUT2D eigenvalue weighted by Gasteiger charge is -2.24. The van der Waals surface area contributed by atoms with Crippen molar-refractivity contribution in [3.8, 4) is 0 Å². The van der Waals surface area contributed by atoms with E-state index in [0.29, 0.717) is 11.8 Å². The maximum absolute atomic E-state index is 3.88. The molecule has 0 unspecified atom stereocenters. The minimum absolute atomic E-state index is 0.688. The van der Waals surface area contributed by atoms with E-state index in [1.54, 1.807) is 0 Å². The number of rotatable bonds is 8. The third kappa shape index (κ3) is 5.23. The highest BCUT2D eigenvalue weighted by atomic mass is 14.2. The highest BCUT2D eigenvalue weighted by molar-refractivity contribution is 5.17. The molecule has 0 aliphatic heterocycles. The SMILES string of the molecule is C=CCC[C@@H](Cc1ccccc1)[C@@H](C)Cc1ccccc1. The molecule has 0 N–H and O–H groups in total. The van der Waals surface area contributed by atoms with E-state index >= 15 is 0 Å². The summed E-state index contributed by atoms with van der Waals surface area (Å²) >= 11 is 0. The van der Waals surface area contributed by atoms with Crippen molar-refractivity contribution in [3.05, 3.63) is 84.4 Å². The molecule has 21 heavy (non-hydrogen) atoms. The van der Waals surface area contributed by atoms with Crippen LogP contribution in [0.2, 0.25) is 0 Å². The first kappa shape index (κ1) is 15.6. The van der Waals surface area contributed by atoms with Gasteiger partial charge in [-0.15, -0.1) is 6.58 Å². The van der Waals surface area contributed by atoms with E-state index in [1.165, 1.54) is 24.0 Å². The molecule has 0 amide bonds. The molecule has 2 rings (SSSR count). The van der Waals surface area contributed by atoms with E-state index in [4.69, 9.17) is 0 Å². The van der Waals surface area contributed by atoms with Crippen molar-refractivity contribution >= 4 is 0 Å². The summed E-state index contributed by atoms with van der Waals surface area (Å²) in [5.41, 5.74) is 2.90. The van der Waals surface area contributed by atoms with E-state index < -0.39 is 0 Å². The topological polar surface area (TPSA) is 0 Å².